The molecule has 4 rings (SSSR count). The molecular formula is C21H24N6O6S. The van der Waals surface area contributed by atoms with E-state index in [2.05, 4.69) is 25.4 Å². The number of aromatic hydroxyl groups is 1. The fourth-order valence-corrected chi connectivity index (χ4v) is 3.92. The number of amides is 1. The van der Waals surface area contributed by atoms with E-state index in [9.17, 15) is 18.3 Å². The van der Waals surface area contributed by atoms with Crippen LogP contribution in [0.15, 0.2) is 57.6 Å². The highest BCUT2D eigenvalue weighted by Crippen LogP contribution is 2.38. The summed E-state index contributed by atoms with van der Waals surface area (Å²) in [5.41, 5.74) is 1.06. The summed E-state index contributed by atoms with van der Waals surface area (Å²) in [5, 5.41) is 26.6. The van der Waals surface area contributed by atoms with Crippen LogP contribution in [-0.2, 0) is 14.8 Å². The predicted molar refractivity (Wildman–Crippen MR) is 123 cm³/mol. The van der Waals surface area contributed by atoms with Crippen LogP contribution in [0.3, 0.4) is 0 Å². The number of nitrogens with two attached hydrogens (primary N) is 1. The lowest BCUT2D eigenvalue weighted by Gasteiger charge is -2.26. The Balaban J connectivity index is 1.43. The van der Waals surface area contributed by atoms with Crippen molar-refractivity contribution in [1.82, 2.24) is 15.2 Å². The second-order valence-electron chi connectivity index (χ2n) is 7.54. The molecule has 34 heavy (non-hydrogen) atoms. The number of carbonyl (C=O) groups excluding carboxylic acids is 1. The van der Waals surface area contributed by atoms with E-state index in [4.69, 9.17) is 14.6 Å². The highest BCUT2D eigenvalue weighted by Gasteiger charge is 2.14. The number of nitrogens with one attached hydrogen (secondary N) is 2. The first-order chi connectivity index (χ1) is 16.3. The molecule has 5 N–H and O–H groups in total. The van der Waals surface area contributed by atoms with Gasteiger partial charge >= 0.3 is 6.09 Å². The minimum absolute atomic E-state index is 0.0496. The quantitative estimate of drug-likeness (QED) is 0.370. The van der Waals surface area contributed by atoms with Gasteiger partial charge in [-0.2, -0.15) is 5.11 Å². The molecule has 12 nitrogen and oxygen atoms in total. The number of ether oxygens (including phenoxy) is 2. The molecule has 2 aromatic carbocycles. The van der Waals surface area contributed by atoms with Gasteiger partial charge in [-0.1, -0.05) is 0 Å². The number of benzene rings is 2. The number of hydrogen-bond acceptors (Lipinski definition) is 9. The van der Waals surface area contributed by atoms with Crippen molar-refractivity contribution in [1.29, 1.82) is 0 Å². The summed E-state index contributed by atoms with van der Waals surface area (Å²) in [6.07, 6.45) is -0.592. The maximum absolute atomic E-state index is 12.2. The average molecular weight is 489 g/mol. The van der Waals surface area contributed by atoms with Crippen LogP contribution < -0.4 is 15.2 Å². The van der Waals surface area contributed by atoms with Crippen molar-refractivity contribution in [2.24, 2.45) is 15.4 Å². The van der Waals surface area contributed by atoms with Gasteiger partial charge in [0.05, 0.1) is 29.3 Å². The summed E-state index contributed by atoms with van der Waals surface area (Å²) >= 11 is 0. The van der Waals surface area contributed by atoms with Crippen LogP contribution in [0.2, 0.25) is 0 Å². The molecule has 1 fully saturated rings. The van der Waals surface area contributed by atoms with Gasteiger partial charge in [0.25, 0.3) is 0 Å². The normalized spacial score (nSPS) is 15.1. The summed E-state index contributed by atoms with van der Waals surface area (Å²) in [7, 11) is -3.81. The first kappa shape index (κ1) is 23.6. The third-order valence-corrected chi connectivity index (χ3v) is 6.10. The van der Waals surface area contributed by atoms with Gasteiger partial charge in [-0.15, -0.1) is 5.11 Å². The van der Waals surface area contributed by atoms with Crippen LogP contribution in [0.1, 0.15) is 0 Å². The first-order valence-corrected chi connectivity index (χ1v) is 12.0. The molecule has 0 radical (unpaired) electrons. The second kappa shape index (κ2) is 10.2. The summed E-state index contributed by atoms with van der Waals surface area (Å²) < 4.78 is 33.4. The highest BCUT2D eigenvalue weighted by atomic mass is 32.2. The van der Waals surface area contributed by atoms with E-state index < -0.39 is 16.1 Å². The number of nitrogens with zero attached hydrogens (tertiary/aromatic N) is 3. The van der Waals surface area contributed by atoms with Crippen LogP contribution in [0, 0.1) is 0 Å². The van der Waals surface area contributed by atoms with Crippen molar-refractivity contribution in [2.45, 2.75) is 4.90 Å². The van der Waals surface area contributed by atoms with Gasteiger partial charge in [-0.05, 0) is 42.5 Å². The molecule has 0 unspecified atom stereocenters. The van der Waals surface area contributed by atoms with Gasteiger partial charge < -0.3 is 24.9 Å². The van der Waals surface area contributed by atoms with Crippen molar-refractivity contribution < 1.29 is 27.8 Å². The Labute approximate surface area is 195 Å². The number of rotatable bonds is 7. The molecule has 0 saturated carbocycles. The third kappa shape index (κ3) is 5.88. The van der Waals surface area contributed by atoms with Crippen molar-refractivity contribution in [3.05, 3.63) is 42.5 Å². The van der Waals surface area contributed by atoms with E-state index in [1.54, 1.807) is 18.2 Å². The van der Waals surface area contributed by atoms with Gasteiger partial charge in [-0.3, -0.25) is 4.90 Å². The Morgan fingerprint density at radius 3 is 2.62 bits per heavy atom. The van der Waals surface area contributed by atoms with Crippen LogP contribution in [0.25, 0.3) is 10.9 Å². The van der Waals surface area contributed by atoms with E-state index in [0.29, 0.717) is 42.9 Å². The number of carbonyl (C=O) groups is 1. The van der Waals surface area contributed by atoms with E-state index in [-0.39, 0.29) is 22.2 Å². The molecule has 1 aromatic heterocycles. The number of sulfonamides is 1. The van der Waals surface area contributed by atoms with Crippen LogP contribution in [-0.4, -0.2) is 68.9 Å². The van der Waals surface area contributed by atoms with Crippen LogP contribution >= 0.6 is 0 Å². The molecule has 1 saturated heterocycles. The summed E-state index contributed by atoms with van der Waals surface area (Å²) in [4.78, 5) is 17.1. The van der Waals surface area contributed by atoms with Crippen molar-refractivity contribution in [3.8, 4) is 11.6 Å². The molecule has 0 atom stereocenters. The van der Waals surface area contributed by atoms with E-state index in [1.165, 1.54) is 24.3 Å². The average Bonchev–Trinajstić information content (AvgIpc) is 3.12. The zero-order valence-corrected chi connectivity index (χ0v) is 18.9. The molecule has 13 heteroatoms. The van der Waals surface area contributed by atoms with E-state index in [1.807, 2.05) is 0 Å². The third-order valence-electron chi connectivity index (χ3n) is 5.17. The second-order valence-corrected chi connectivity index (χ2v) is 9.10. The van der Waals surface area contributed by atoms with Gasteiger partial charge in [0.1, 0.15) is 5.75 Å². The first-order valence-electron chi connectivity index (χ1n) is 10.4. The number of azo groups is 1. The number of aromatic nitrogens is 1. The minimum Gasteiger partial charge on any atom is -0.493 e. The van der Waals surface area contributed by atoms with Crippen LogP contribution in [0.5, 0.6) is 11.6 Å². The number of hydrogen-bond donors (Lipinski definition) is 4. The highest BCUT2D eigenvalue weighted by molar-refractivity contribution is 7.89. The zero-order valence-electron chi connectivity index (χ0n) is 18.1. The molecule has 1 aliphatic heterocycles. The molecule has 1 aliphatic rings. The minimum atomic E-state index is -3.81. The smallest absolute Gasteiger partial charge is 0.412 e. The maximum atomic E-state index is 12.2. The van der Waals surface area contributed by atoms with Gasteiger partial charge in [0.2, 0.25) is 15.9 Å². The van der Waals surface area contributed by atoms with Crippen molar-refractivity contribution >= 4 is 38.4 Å². The summed E-state index contributed by atoms with van der Waals surface area (Å²) in [5.74, 6) is 0.0522. The molecule has 2 heterocycles. The molecule has 180 valence electrons. The molecule has 0 aliphatic carbocycles. The van der Waals surface area contributed by atoms with E-state index >= 15 is 0 Å². The Morgan fingerprint density at radius 1 is 1.18 bits per heavy atom. The largest absolute Gasteiger partial charge is 0.493 e. The molecule has 3 aromatic rings. The Morgan fingerprint density at radius 2 is 1.91 bits per heavy atom. The number of aromatic amines is 1. The SMILES string of the molecule is NS(=O)(=O)c1ccc(N=Nc2c(O)[nH]c3ccc(OC(=O)NCCN4CCOCC4)cc23)cc1. The number of fused-ring (bicyclic) bond motifs is 1. The van der Waals surface area contributed by atoms with Gasteiger partial charge in [0, 0.05) is 31.6 Å². The van der Waals surface area contributed by atoms with Gasteiger partial charge in [0.15, 0.2) is 5.69 Å². The molecule has 1 amide bonds. The Kier molecular flexibility index (Phi) is 7.07. The van der Waals surface area contributed by atoms with Gasteiger partial charge in [-0.25, -0.2) is 18.4 Å². The predicted octanol–water partition coefficient (Wildman–Crippen LogP) is 2.36. The monoisotopic (exact) mass is 488 g/mol. The summed E-state index contributed by atoms with van der Waals surface area (Å²) in [6.45, 7) is 4.18. The zero-order chi connectivity index (χ0) is 24.1. The fraction of sp³-hybridized carbons (Fsp3) is 0.286. The fourth-order valence-electron chi connectivity index (χ4n) is 3.40. The summed E-state index contributed by atoms with van der Waals surface area (Å²) in [6, 6.07) is 10.3. The maximum Gasteiger partial charge on any atom is 0.412 e. The number of H-pyrrole nitrogens is 1. The number of morpholine rings is 1. The van der Waals surface area contributed by atoms with Crippen molar-refractivity contribution in [2.75, 3.05) is 39.4 Å². The lowest BCUT2D eigenvalue weighted by molar-refractivity contribution is 0.0385. The molecule has 0 spiro atoms. The number of primary sulfonamides is 1. The van der Waals surface area contributed by atoms with E-state index in [0.717, 1.165) is 13.1 Å². The molecule has 0 bridgehead atoms. The topological polar surface area (TPSA) is 172 Å². The standard InChI is InChI=1S/C21H24N6O6S/c22-34(30,31)16-4-1-14(2-5-16)25-26-19-17-13-15(3-6-18(17)24-20(19)28)33-21(29)23-7-8-27-9-11-32-12-10-27/h1-6,13,24,28H,7-12H2,(H,23,29)(H2,22,30,31). The van der Waals surface area contributed by atoms with Crippen LogP contribution in [0.4, 0.5) is 16.2 Å². The van der Waals surface area contributed by atoms with Crippen molar-refractivity contribution in [3.63, 3.8) is 0 Å². The Hall–Kier alpha value is -3.52. The Bertz CT molecular complexity index is 1300. The lowest BCUT2D eigenvalue weighted by Crippen LogP contribution is -2.41. The molecular weight excluding hydrogens is 464 g/mol. The lowest BCUT2D eigenvalue weighted by atomic mass is 10.2.